The Balaban J connectivity index is 2.42. The highest BCUT2D eigenvalue weighted by molar-refractivity contribution is 5.85. The lowest BCUT2D eigenvalue weighted by Gasteiger charge is -2.21. The summed E-state index contributed by atoms with van der Waals surface area (Å²) in [6, 6.07) is 0. The molecule has 1 rings (SSSR count). The van der Waals surface area contributed by atoms with Crippen molar-refractivity contribution >= 4 is 17.8 Å². The van der Waals surface area contributed by atoms with Gasteiger partial charge in [0.1, 0.15) is 0 Å². The van der Waals surface area contributed by atoms with Crippen LogP contribution in [0.4, 0.5) is 0 Å². The summed E-state index contributed by atoms with van der Waals surface area (Å²) >= 11 is 0. The molecule has 0 bridgehead atoms. The first-order valence-corrected chi connectivity index (χ1v) is 7.19. The van der Waals surface area contributed by atoms with E-state index in [-0.39, 0.29) is 30.8 Å². The smallest absolute Gasteiger partial charge is 0.308 e. The Morgan fingerprint density at radius 2 is 2.00 bits per heavy atom. The van der Waals surface area contributed by atoms with Gasteiger partial charge in [0, 0.05) is 19.5 Å². The van der Waals surface area contributed by atoms with Crippen molar-refractivity contribution in [2.75, 3.05) is 19.6 Å². The van der Waals surface area contributed by atoms with Crippen LogP contribution in [0.5, 0.6) is 0 Å². The third-order valence-electron chi connectivity index (χ3n) is 3.65. The van der Waals surface area contributed by atoms with E-state index < -0.39 is 11.9 Å². The lowest BCUT2D eigenvalue weighted by Crippen LogP contribution is -2.43. The highest BCUT2D eigenvalue weighted by Gasteiger charge is 2.23. The fourth-order valence-corrected chi connectivity index (χ4v) is 2.27. The number of amides is 2. The van der Waals surface area contributed by atoms with Gasteiger partial charge in [-0.05, 0) is 18.8 Å². The van der Waals surface area contributed by atoms with Crippen LogP contribution in [0.1, 0.15) is 39.5 Å². The van der Waals surface area contributed by atoms with E-state index in [1.54, 1.807) is 4.90 Å². The average molecular weight is 284 g/mol. The summed E-state index contributed by atoms with van der Waals surface area (Å²) in [6.07, 6.45) is 3.31. The number of likely N-dealkylation sites (tertiary alicyclic amines) is 1. The molecule has 0 aromatic rings. The van der Waals surface area contributed by atoms with Crippen LogP contribution in [-0.2, 0) is 14.4 Å². The maximum absolute atomic E-state index is 11.8. The van der Waals surface area contributed by atoms with E-state index >= 15 is 0 Å². The molecule has 0 radical (unpaired) electrons. The third-order valence-corrected chi connectivity index (χ3v) is 3.65. The summed E-state index contributed by atoms with van der Waals surface area (Å²) in [7, 11) is 0. The number of carbonyl (C=O) groups excluding carboxylic acids is 2. The van der Waals surface area contributed by atoms with Crippen molar-refractivity contribution in [3.05, 3.63) is 0 Å². The Hall–Kier alpha value is -1.59. The number of carboxylic acid groups (broad SMARTS) is 1. The maximum Gasteiger partial charge on any atom is 0.308 e. The number of nitrogens with one attached hydrogen (secondary N) is 1. The topological polar surface area (TPSA) is 86.7 Å². The zero-order valence-electron chi connectivity index (χ0n) is 12.2. The quantitative estimate of drug-likeness (QED) is 0.757. The van der Waals surface area contributed by atoms with Gasteiger partial charge < -0.3 is 15.3 Å². The summed E-state index contributed by atoms with van der Waals surface area (Å²) < 4.78 is 0. The number of hydrogen-bond donors (Lipinski definition) is 2. The normalized spacial score (nSPS) is 17.8. The highest BCUT2D eigenvalue weighted by Crippen LogP contribution is 2.11. The third kappa shape index (κ3) is 5.19. The van der Waals surface area contributed by atoms with Crippen molar-refractivity contribution < 1.29 is 19.5 Å². The van der Waals surface area contributed by atoms with Gasteiger partial charge in [0.15, 0.2) is 0 Å². The molecule has 0 spiro atoms. The van der Waals surface area contributed by atoms with Gasteiger partial charge in [-0.25, -0.2) is 0 Å². The molecular formula is C14H24N2O4. The van der Waals surface area contributed by atoms with Crippen LogP contribution in [0, 0.1) is 11.8 Å². The zero-order chi connectivity index (χ0) is 15.1. The molecule has 1 unspecified atom stereocenters. The van der Waals surface area contributed by atoms with Crippen LogP contribution in [0.2, 0.25) is 0 Å². The first-order valence-electron chi connectivity index (χ1n) is 7.19. The minimum Gasteiger partial charge on any atom is -0.481 e. The summed E-state index contributed by atoms with van der Waals surface area (Å²) in [5.41, 5.74) is 0. The van der Waals surface area contributed by atoms with Gasteiger partial charge in [-0.1, -0.05) is 20.3 Å². The summed E-state index contributed by atoms with van der Waals surface area (Å²) in [6.45, 7) is 4.36. The van der Waals surface area contributed by atoms with Crippen LogP contribution < -0.4 is 5.32 Å². The number of carbonyl (C=O) groups is 3. The molecule has 6 nitrogen and oxygen atoms in total. The standard InChI is InChI=1S/C14H24N2O4/c1-10(2)11(14(19)20)8-15-12(17)9-16-7-5-3-4-6-13(16)18/h10-11H,3-9H2,1-2H3,(H,15,17)(H,19,20). The molecule has 1 atom stereocenters. The van der Waals surface area contributed by atoms with Crippen molar-refractivity contribution in [1.29, 1.82) is 0 Å². The highest BCUT2D eigenvalue weighted by atomic mass is 16.4. The largest absolute Gasteiger partial charge is 0.481 e. The molecule has 114 valence electrons. The van der Waals surface area contributed by atoms with E-state index in [1.807, 2.05) is 13.8 Å². The molecule has 1 aliphatic rings. The predicted octanol–water partition coefficient (Wildman–Crippen LogP) is 0.862. The SMILES string of the molecule is CC(C)C(CNC(=O)CN1CCCCCC1=O)C(=O)O. The summed E-state index contributed by atoms with van der Waals surface area (Å²) in [5.74, 6) is -1.83. The number of aliphatic carboxylic acids is 1. The van der Waals surface area contributed by atoms with Crippen LogP contribution in [0.15, 0.2) is 0 Å². The molecule has 0 aromatic carbocycles. The Morgan fingerprint density at radius 3 is 2.60 bits per heavy atom. The van der Waals surface area contributed by atoms with Gasteiger partial charge in [0.05, 0.1) is 12.5 Å². The van der Waals surface area contributed by atoms with Crippen molar-refractivity contribution in [2.24, 2.45) is 11.8 Å². The molecule has 6 heteroatoms. The van der Waals surface area contributed by atoms with E-state index in [9.17, 15) is 14.4 Å². The van der Waals surface area contributed by atoms with Crippen molar-refractivity contribution in [3.8, 4) is 0 Å². The molecular weight excluding hydrogens is 260 g/mol. The lowest BCUT2D eigenvalue weighted by molar-refractivity contribution is -0.143. The summed E-state index contributed by atoms with van der Waals surface area (Å²) in [4.78, 5) is 36.2. The van der Waals surface area contributed by atoms with Gasteiger partial charge in [0.2, 0.25) is 11.8 Å². The fraction of sp³-hybridized carbons (Fsp3) is 0.786. The summed E-state index contributed by atoms with van der Waals surface area (Å²) in [5, 5.41) is 11.7. The van der Waals surface area contributed by atoms with Crippen LogP contribution >= 0.6 is 0 Å². The average Bonchev–Trinajstić information content (AvgIpc) is 2.54. The second-order valence-corrected chi connectivity index (χ2v) is 5.62. The number of carboxylic acids is 1. The first-order chi connectivity index (χ1) is 9.41. The number of rotatable bonds is 6. The van der Waals surface area contributed by atoms with Crippen molar-refractivity contribution in [1.82, 2.24) is 10.2 Å². The molecule has 0 aromatic heterocycles. The van der Waals surface area contributed by atoms with Gasteiger partial charge >= 0.3 is 5.97 Å². The molecule has 20 heavy (non-hydrogen) atoms. The first kappa shape index (κ1) is 16.5. The Morgan fingerprint density at radius 1 is 1.30 bits per heavy atom. The minimum atomic E-state index is -0.911. The molecule has 2 amide bonds. The van der Waals surface area contributed by atoms with Crippen molar-refractivity contribution in [2.45, 2.75) is 39.5 Å². The Kier molecular flexibility index (Phi) is 6.48. The Bertz CT molecular complexity index is 368. The van der Waals surface area contributed by atoms with Gasteiger partial charge in [0.25, 0.3) is 0 Å². The number of nitrogens with zero attached hydrogens (tertiary/aromatic N) is 1. The second-order valence-electron chi connectivity index (χ2n) is 5.62. The van der Waals surface area contributed by atoms with Crippen LogP contribution in [-0.4, -0.2) is 47.4 Å². The predicted molar refractivity (Wildman–Crippen MR) is 74.0 cm³/mol. The maximum atomic E-state index is 11.8. The van der Waals surface area contributed by atoms with E-state index in [0.717, 1.165) is 19.3 Å². The zero-order valence-corrected chi connectivity index (χ0v) is 12.2. The second kappa shape index (κ2) is 7.87. The van der Waals surface area contributed by atoms with Crippen LogP contribution in [0.25, 0.3) is 0 Å². The lowest BCUT2D eigenvalue weighted by atomic mass is 9.96. The van der Waals surface area contributed by atoms with Gasteiger partial charge in [-0.15, -0.1) is 0 Å². The minimum absolute atomic E-state index is 0.0105. The van der Waals surface area contributed by atoms with Gasteiger partial charge in [-0.3, -0.25) is 14.4 Å². The molecule has 1 aliphatic heterocycles. The van der Waals surface area contributed by atoms with Crippen LogP contribution in [0.3, 0.4) is 0 Å². The molecule has 1 saturated heterocycles. The molecule has 2 N–H and O–H groups in total. The molecule has 1 heterocycles. The van der Waals surface area contributed by atoms with Crippen molar-refractivity contribution in [3.63, 3.8) is 0 Å². The van der Waals surface area contributed by atoms with E-state index in [2.05, 4.69) is 5.32 Å². The fourth-order valence-electron chi connectivity index (χ4n) is 2.27. The molecule has 0 saturated carbocycles. The van der Waals surface area contributed by atoms with E-state index in [0.29, 0.717) is 13.0 Å². The number of hydrogen-bond acceptors (Lipinski definition) is 3. The van der Waals surface area contributed by atoms with Gasteiger partial charge in [-0.2, -0.15) is 0 Å². The monoisotopic (exact) mass is 284 g/mol. The molecule has 0 aliphatic carbocycles. The molecule has 1 fully saturated rings. The Labute approximate surface area is 119 Å². The van der Waals surface area contributed by atoms with E-state index in [1.165, 1.54) is 0 Å². The van der Waals surface area contributed by atoms with E-state index in [4.69, 9.17) is 5.11 Å².